The molecule has 0 saturated heterocycles. The van der Waals surface area contributed by atoms with Gasteiger partial charge in [0.15, 0.2) is 4.80 Å². The zero-order chi connectivity index (χ0) is 20.9. The van der Waals surface area contributed by atoms with E-state index >= 15 is 0 Å². The van der Waals surface area contributed by atoms with Crippen LogP contribution in [-0.4, -0.2) is 21.2 Å². The Morgan fingerprint density at radius 1 is 1.10 bits per heavy atom. The van der Waals surface area contributed by atoms with Crippen molar-refractivity contribution in [3.63, 3.8) is 0 Å². The molecule has 0 aliphatic heterocycles. The number of aromatic nitrogens is 3. The monoisotopic (exact) mass is 418 g/mol. The fraction of sp³-hybridized carbons (Fsp3) is 0.250. The molecule has 4 rings (SSSR count). The minimum Gasteiger partial charge on any atom is -0.496 e. The molecule has 0 saturated carbocycles. The molecule has 0 fully saturated rings. The first-order chi connectivity index (χ1) is 14.7. The minimum atomic E-state index is 0.860. The number of nitrogens with zero attached hydrogens (tertiary/aromatic N) is 4. The van der Waals surface area contributed by atoms with Crippen LogP contribution in [0.15, 0.2) is 71.6 Å². The third kappa shape index (κ3) is 4.39. The van der Waals surface area contributed by atoms with E-state index in [-0.39, 0.29) is 0 Å². The van der Waals surface area contributed by atoms with Crippen molar-refractivity contribution >= 4 is 17.0 Å². The smallest absolute Gasteiger partial charge is 0.190 e. The van der Waals surface area contributed by atoms with Gasteiger partial charge < -0.3 is 13.9 Å². The highest BCUT2D eigenvalue weighted by atomic mass is 32.1. The zero-order valence-corrected chi connectivity index (χ0v) is 18.4. The molecular formula is C24H26N4OS. The number of aryl methyl sites for hydroxylation is 3. The summed E-state index contributed by atoms with van der Waals surface area (Å²) >= 11 is 1.67. The van der Waals surface area contributed by atoms with E-state index in [2.05, 4.69) is 57.6 Å². The maximum absolute atomic E-state index is 5.63. The summed E-state index contributed by atoms with van der Waals surface area (Å²) in [5.41, 5.74) is 5.63. The van der Waals surface area contributed by atoms with Gasteiger partial charge in [0.05, 0.1) is 24.8 Å². The van der Waals surface area contributed by atoms with Crippen molar-refractivity contribution in [3.8, 4) is 17.0 Å². The van der Waals surface area contributed by atoms with Gasteiger partial charge in [0.25, 0.3) is 0 Å². The SMILES string of the molecule is COc1ccccc1-c1csc(=Nc2cc(C)ccc2C)n1CCCn1ccnc1. The van der Waals surface area contributed by atoms with Crippen molar-refractivity contribution in [1.82, 2.24) is 14.1 Å². The van der Waals surface area contributed by atoms with Crippen molar-refractivity contribution in [1.29, 1.82) is 0 Å². The molecule has 2 aromatic carbocycles. The number of rotatable bonds is 7. The molecule has 30 heavy (non-hydrogen) atoms. The summed E-state index contributed by atoms with van der Waals surface area (Å²) in [4.78, 5) is 10.2. The van der Waals surface area contributed by atoms with Gasteiger partial charge in [-0.05, 0) is 49.6 Å². The lowest BCUT2D eigenvalue weighted by Crippen LogP contribution is -2.17. The summed E-state index contributed by atoms with van der Waals surface area (Å²) < 4.78 is 10.0. The van der Waals surface area contributed by atoms with Gasteiger partial charge in [-0.1, -0.05) is 24.3 Å². The fourth-order valence-electron chi connectivity index (χ4n) is 3.48. The van der Waals surface area contributed by atoms with Gasteiger partial charge in [0, 0.05) is 36.4 Å². The van der Waals surface area contributed by atoms with Crippen molar-refractivity contribution in [2.75, 3.05) is 7.11 Å². The van der Waals surface area contributed by atoms with Crippen LogP contribution in [0, 0.1) is 13.8 Å². The largest absolute Gasteiger partial charge is 0.496 e. The second kappa shape index (κ2) is 9.13. The van der Waals surface area contributed by atoms with Crippen molar-refractivity contribution in [2.45, 2.75) is 33.4 Å². The third-order valence-corrected chi connectivity index (χ3v) is 5.98. The van der Waals surface area contributed by atoms with Crippen LogP contribution in [0.4, 0.5) is 5.69 Å². The summed E-state index contributed by atoms with van der Waals surface area (Å²) in [6, 6.07) is 14.6. The number of imidazole rings is 1. The number of hydrogen-bond acceptors (Lipinski definition) is 4. The van der Waals surface area contributed by atoms with Crippen LogP contribution in [0.2, 0.25) is 0 Å². The van der Waals surface area contributed by atoms with Gasteiger partial charge in [-0.3, -0.25) is 0 Å². The molecule has 5 nitrogen and oxygen atoms in total. The van der Waals surface area contributed by atoms with Crippen LogP contribution in [0.1, 0.15) is 17.5 Å². The topological polar surface area (TPSA) is 44.3 Å². The Balaban J connectivity index is 1.77. The zero-order valence-electron chi connectivity index (χ0n) is 17.6. The molecule has 154 valence electrons. The summed E-state index contributed by atoms with van der Waals surface area (Å²) in [5, 5.41) is 2.18. The minimum absolute atomic E-state index is 0.860. The normalized spacial score (nSPS) is 11.8. The molecule has 0 amide bonds. The van der Waals surface area contributed by atoms with Crippen LogP contribution in [0.3, 0.4) is 0 Å². The van der Waals surface area contributed by atoms with E-state index in [0.717, 1.165) is 47.0 Å². The second-order valence-corrected chi connectivity index (χ2v) is 8.15. The Kier molecular flexibility index (Phi) is 6.14. The average molecular weight is 419 g/mol. The molecule has 2 aromatic heterocycles. The van der Waals surface area contributed by atoms with Gasteiger partial charge in [0.2, 0.25) is 0 Å². The quantitative estimate of drug-likeness (QED) is 0.405. The van der Waals surface area contributed by atoms with Crippen molar-refractivity contribution in [2.24, 2.45) is 4.99 Å². The van der Waals surface area contributed by atoms with Gasteiger partial charge >= 0.3 is 0 Å². The molecular weight excluding hydrogens is 392 g/mol. The van der Waals surface area contributed by atoms with Crippen LogP contribution >= 0.6 is 11.3 Å². The molecule has 6 heteroatoms. The fourth-order valence-corrected chi connectivity index (χ4v) is 4.42. The lowest BCUT2D eigenvalue weighted by atomic mass is 10.1. The second-order valence-electron chi connectivity index (χ2n) is 7.31. The number of thiazole rings is 1. The molecule has 0 N–H and O–H groups in total. The van der Waals surface area contributed by atoms with E-state index in [1.165, 1.54) is 11.1 Å². The molecule has 0 aliphatic rings. The highest BCUT2D eigenvalue weighted by Crippen LogP contribution is 2.30. The lowest BCUT2D eigenvalue weighted by Gasteiger charge is -2.12. The van der Waals surface area contributed by atoms with E-state index in [9.17, 15) is 0 Å². The van der Waals surface area contributed by atoms with E-state index < -0.39 is 0 Å². The standard InChI is InChI=1S/C24H26N4OS/c1-18-9-10-19(2)21(15-18)26-24-28(13-6-12-27-14-11-25-17-27)22(16-30-24)20-7-4-5-8-23(20)29-3/h4-5,7-11,14-17H,6,12-13H2,1-3H3. The lowest BCUT2D eigenvalue weighted by molar-refractivity contribution is 0.416. The maximum atomic E-state index is 5.63. The Hall–Kier alpha value is -3.12. The molecule has 0 spiro atoms. The highest BCUT2D eigenvalue weighted by molar-refractivity contribution is 7.07. The Morgan fingerprint density at radius 2 is 1.97 bits per heavy atom. The maximum Gasteiger partial charge on any atom is 0.190 e. The van der Waals surface area contributed by atoms with Crippen molar-refractivity contribution < 1.29 is 4.74 Å². The summed E-state index contributed by atoms with van der Waals surface area (Å²) in [7, 11) is 1.72. The Labute approximate surface area is 181 Å². The summed E-state index contributed by atoms with van der Waals surface area (Å²) in [5.74, 6) is 0.872. The van der Waals surface area contributed by atoms with E-state index in [1.807, 2.05) is 36.9 Å². The third-order valence-electron chi connectivity index (χ3n) is 5.12. The Bertz CT molecular complexity index is 1190. The average Bonchev–Trinajstić information content (AvgIpc) is 3.41. The van der Waals surface area contributed by atoms with Crippen LogP contribution in [0.5, 0.6) is 5.75 Å². The number of hydrogen-bond donors (Lipinski definition) is 0. The van der Waals surface area contributed by atoms with Gasteiger partial charge in [0.1, 0.15) is 5.75 Å². The van der Waals surface area contributed by atoms with Crippen LogP contribution in [-0.2, 0) is 13.1 Å². The molecule has 2 heterocycles. The summed E-state index contributed by atoms with van der Waals surface area (Å²) in [6.07, 6.45) is 6.66. The first kappa shape index (κ1) is 20.2. The molecule has 0 aliphatic carbocycles. The van der Waals surface area contributed by atoms with Crippen LogP contribution in [0.25, 0.3) is 11.3 Å². The molecule has 4 aromatic rings. The van der Waals surface area contributed by atoms with E-state index in [0.29, 0.717) is 0 Å². The predicted octanol–water partition coefficient (Wildman–Crippen LogP) is 5.36. The van der Waals surface area contributed by atoms with Crippen LogP contribution < -0.4 is 9.54 Å². The number of benzene rings is 2. The highest BCUT2D eigenvalue weighted by Gasteiger charge is 2.12. The number of methoxy groups -OCH3 is 1. The van der Waals surface area contributed by atoms with Gasteiger partial charge in [-0.2, -0.15) is 0 Å². The predicted molar refractivity (Wildman–Crippen MR) is 122 cm³/mol. The molecule has 0 radical (unpaired) electrons. The molecule has 0 unspecified atom stereocenters. The number of para-hydroxylation sites is 1. The molecule has 0 atom stereocenters. The van der Waals surface area contributed by atoms with E-state index in [1.54, 1.807) is 18.4 Å². The van der Waals surface area contributed by atoms with Gasteiger partial charge in [-0.15, -0.1) is 11.3 Å². The van der Waals surface area contributed by atoms with E-state index in [4.69, 9.17) is 9.73 Å². The first-order valence-corrected chi connectivity index (χ1v) is 10.9. The summed E-state index contributed by atoms with van der Waals surface area (Å²) in [6.45, 7) is 5.98. The van der Waals surface area contributed by atoms with Gasteiger partial charge in [-0.25, -0.2) is 9.98 Å². The van der Waals surface area contributed by atoms with Crippen molar-refractivity contribution in [3.05, 3.63) is 82.5 Å². The first-order valence-electron chi connectivity index (χ1n) is 10.0. The Morgan fingerprint density at radius 3 is 2.77 bits per heavy atom. The number of ether oxygens (including phenoxy) is 1. The molecule has 0 bridgehead atoms.